The maximum Gasteiger partial charge on any atom is 0.256 e. The van der Waals surface area contributed by atoms with Crippen molar-refractivity contribution in [1.82, 2.24) is 10.2 Å². The van der Waals surface area contributed by atoms with E-state index in [1.54, 1.807) is 25.3 Å². The summed E-state index contributed by atoms with van der Waals surface area (Å²) in [4.78, 5) is 23.3. The van der Waals surface area contributed by atoms with Gasteiger partial charge in [-0.3, -0.25) is 14.7 Å². The highest BCUT2D eigenvalue weighted by Crippen LogP contribution is 2.16. The van der Waals surface area contributed by atoms with E-state index in [1.165, 1.54) is 12.1 Å². The molecule has 0 saturated heterocycles. The van der Waals surface area contributed by atoms with E-state index in [9.17, 15) is 9.59 Å². The van der Waals surface area contributed by atoms with Crippen LogP contribution in [0.5, 0.6) is 5.75 Å². The second-order valence-corrected chi connectivity index (χ2v) is 5.70. The number of hydrogen-bond donors (Lipinski definition) is 3. The lowest BCUT2D eigenvalue weighted by atomic mass is 10.1. The molecule has 26 heavy (non-hydrogen) atoms. The number of H-pyrrole nitrogens is 1. The van der Waals surface area contributed by atoms with Crippen LogP contribution >= 0.6 is 0 Å². The zero-order valence-corrected chi connectivity index (χ0v) is 14.2. The fourth-order valence-electron chi connectivity index (χ4n) is 2.45. The second-order valence-electron chi connectivity index (χ2n) is 5.70. The number of hydrogen-bond acceptors (Lipinski definition) is 4. The van der Waals surface area contributed by atoms with Gasteiger partial charge >= 0.3 is 0 Å². The molecule has 2 amide bonds. The van der Waals surface area contributed by atoms with Gasteiger partial charge in [0.25, 0.3) is 5.91 Å². The van der Waals surface area contributed by atoms with Crippen LogP contribution < -0.4 is 15.8 Å². The van der Waals surface area contributed by atoms with Crippen molar-refractivity contribution in [2.24, 2.45) is 5.73 Å². The molecule has 0 atom stereocenters. The molecular formula is C19H18N4O3. The summed E-state index contributed by atoms with van der Waals surface area (Å²) in [6.45, 7) is 0. The number of nitrogens with two attached hydrogens (primary N) is 1. The number of nitrogens with one attached hydrogen (secondary N) is 2. The van der Waals surface area contributed by atoms with Gasteiger partial charge in [-0.1, -0.05) is 12.1 Å². The predicted octanol–water partition coefficient (Wildman–Crippen LogP) is 2.36. The van der Waals surface area contributed by atoms with Gasteiger partial charge in [-0.25, -0.2) is 0 Å². The second kappa shape index (κ2) is 7.52. The lowest BCUT2D eigenvalue weighted by molar-refractivity contribution is 0.0995. The van der Waals surface area contributed by atoms with Crippen LogP contribution in [0.15, 0.2) is 54.6 Å². The Labute approximate surface area is 150 Å². The average Bonchev–Trinajstić information content (AvgIpc) is 3.09. The van der Waals surface area contributed by atoms with E-state index in [0.717, 1.165) is 17.0 Å². The van der Waals surface area contributed by atoms with E-state index in [4.69, 9.17) is 10.5 Å². The molecule has 4 N–H and O–H groups in total. The predicted molar refractivity (Wildman–Crippen MR) is 97.3 cm³/mol. The molecule has 0 bridgehead atoms. The summed E-state index contributed by atoms with van der Waals surface area (Å²) >= 11 is 0. The van der Waals surface area contributed by atoms with E-state index in [1.807, 2.05) is 24.3 Å². The van der Waals surface area contributed by atoms with E-state index >= 15 is 0 Å². The maximum atomic E-state index is 12.2. The standard InChI is InChI=1S/C19H18N4O3/c1-26-16-8-2-12(3-9-16)10-15-11-17(23-22-15)21-19(25)14-6-4-13(5-7-14)18(20)24/h2-9,11H,10H2,1H3,(H2,20,24)(H2,21,22,23,25). The number of anilines is 1. The van der Waals surface area contributed by atoms with Crippen molar-refractivity contribution in [1.29, 1.82) is 0 Å². The number of aromatic nitrogens is 2. The van der Waals surface area contributed by atoms with E-state index in [2.05, 4.69) is 15.5 Å². The van der Waals surface area contributed by atoms with E-state index in [0.29, 0.717) is 23.4 Å². The molecule has 2 aromatic carbocycles. The van der Waals surface area contributed by atoms with Crippen LogP contribution in [-0.4, -0.2) is 29.1 Å². The topological polar surface area (TPSA) is 110 Å². The van der Waals surface area contributed by atoms with Gasteiger partial charge in [0, 0.05) is 29.3 Å². The molecule has 0 fully saturated rings. The summed E-state index contributed by atoms with van der Waals surface area (Å²) in [7, 11) is 1.63. The zero-order valence-electron chi connectivity index (χ0n) is 14.2. The largest absolute Gasteiger partial charge is 0.497 e. The SMILES string of the molecule is COc1ccc(Cc2cc(NC(=O)c3ccc(C(N)=O)cc3)n[nH]2)cc1. The minimum Gasteiger partial charge on any atom is -0.497 e. The van der Waals surface area contributed by atoms with Crippen LogP contribution in [0.25, 0.3) is 0 Å². The third-order valence-corrected chi connectivity index (χ3v) is 3.86. The highest BCUT2D eigenvalue weighted by Gasteiger charge is 2.10. The summed E-state index contributed by atoms with van der Waals surface area (Å²) < 4.78 is 5.14. The number of primary amides is 1. The Morgan fingerprint density at radius 2 is 1.73 bits per heavy atom. The molecule has 0 saturated carbocycles. The first-order valence-electron chi connectivity index (χ1n) is 7.93. The molecule has 7 heteroatoms. The Kier molecular flexibility index (Phi) is 4.98. The molecule has 7 nitrogen and oxygen atoms in total. The number of carbonyl (C=O) groups is 2. The van der Waals surface area contributed by atoms with Gasteiger partial charge in [0.15, 0.2) is 5.82 Å². The molecule has 3 aromatic rings. The van der Waals surface area contributed by atoms with Crippen molar-refractivity contribution in [2.75, 3.05) is 12.4 Å². The summed E-state index contributed by atoms with van der Waals surface area (Å²) in [5, 5.41) is 9.72. The molecule has 0 aliphatic rings. The molecule has 1 heterocycles. The molecule has 0 radical (unpaired) electrons. The number of aromatic amines is 1. The first-order valence-corrected chi connectivity index (χ1v) is 7.93. The number of methoxy groups -OCH3 is 1. The summed E-state index contributed by atoms with van der Waals surface area (Å²) in [5.41, 5.74) is 7.91. The fourth-order valence-corrected chi connectivity index (χ4v) is 2.45. The Bertz CT molecular complexity index is 915. The van der Waals surface area contributed by atoms with Crippen molar-refractivity contribution in [2.45, 2.75) is 6.42 Å². The smallest absolute Gasteiger partial charge is 0.256 e. The van der Waals surface area contributed by atoms with E-state index in [-0.39, 0.29) is 5.91 Å². The van der Waals surface area contributed by atoms with Crippen molar-refractivity contribution < 1.29 is 14.3 Å². The Morgan fingerprint density at radius 1 is 1.08 bits per heavy atom. The number of amides is 2. The molecule has 0 aliphatic carbocycles. The third kappa shape index (κ3) is 4.07. The van der Waals surface area contributed by atoms with Crippen LogP contribution in [0, 0.1) is 0 Å². The van der Waals surface area contributed by atoms with Crippen molar-refractivity contribution in [3.63, 3.8) is 0 Å². The Balaban J connectivity index is 1.63. The molecule has 0 spiro atoms. The van der Waals surface area contributed by atoms with Gasteiger partial charge < -0.3 is 15.8 Å². The number of ether oxygens (including phenoxy) is 1. The highest BCUT2D eigenvalue weighted by molar-refractivity contribution is 6.04. The molecule has 132 valence electrons. The van der Waals surface area contributed by atoms with Crippen LogP contribution in [0.3, 0.4) is 0 Å². The first kappa shape index (κ1) is 17.2. The monoisotopic (exact) mass is 350 g/mol. The van der Waals surface area contributed by atoms with Crippen molar-refractivity contribution in [3.05, 3.63) is 77.0 Å². The van der Waals surface area contributed by atoms with E-state index < -0.39 is 5.91 Å². The molecule has 1 aromatic heterocycles. The normalized spacial score (nSPS) is 10.3. The van der Waals surface area contributed by atoms with Crippen LogP contribution in [0.2, 0.25) is 0 Å². The number of benzene rings is 2. The fraction of sp³-hybridized carbons (Fsp3) is 0.105. The van der Waals surface area contributed by atoms with Crippen molar-refractivity contribution >= 4 is 17.6 Å². The van der Waals surface area contributed by atoms with Crippen LogP contribution in [0.4, 0.5) is 5.82 Å². The molecule has 0 aliphatic heterocycles. The minimum absolute atomic E-state index is 0.316. The van der Waals surface area contributed by atoms with Crippen LogP contribution in [0.1, 0.15) is 32.0 Å². The number of carbonyl (C=O) groups excluding carboxylic acids is 2. The van der Waals surface area contributed by atoms with Gasteiger partial charge in [0.1, 0.15) is 5.75 Å². The maximum absolute atomic E-state index is 12.2. The quantitative estimate of drug-likeness (QED) is 0.634. The molecule has 0 unspecified atom stereocenters. The summed E-state index contributed by atoms with van der Waals surface area (Å²) in [5.74, 6) is 0.377. The van der Waals surface area contributed by atoms with Gasteiger partial charge in [-0.05, 0) is 42.0 Å². The Morgan fingerprint density at radius 3 is 2.35 bits per heavy atom. The summed E-state index contributed by atoms with van der Waals surface area (Å²) in [6, 6.07) is 15.6. The lowest BCUT2D eigenvalue weighted by Gasteiger charge is -2.02. The van der Waals surface area contributed by atoms with Gasteiger partial charge in [-0.2, -0.15) is 5.10 Å². The van der Waals surface area contributed by atoms with Gasteiger partial charge in [0.2, 0.25) is 5.91 Å². The number of nitrogens with zero attached hydrogens (tertiary/aromatic N) is 1. The van der Waals surface area contributed by atoms with Gasteiger partial charge in [-0.15, -0.1) is 0 Å². The zero-order chi connectivity index (χ0) is 18.5. The van der Waals surface area contributed by atoms with Gasteiger partial charge in [0.05, 0.1) is 7.11 Å². The number of rotatable bonds is 6. The third-order valence-electron chi connectivity index (χ3n) is 3.86. The Hall–Kier alpha value is -3.61. The molecule has 3 rings (SSSR count). The molecular weight excluding hydrogens is 332 g/mol. The lowest BCUT2D eigenvalue weighted by Crippen LogP contribution is -2.14. The van der Waals surface area contributed by atoms with Crippen molar-refractivity contribution in [3.8, 4) is 5.75 Å². The average molecular weight is 350 g/mol. The van der Waals surface area contributed by atoms with Crippen LogP contribution in [-0.2, 0) is 6.42 Å². The first-order chi connectivity index (χ1) is 12.5. The summed E-state index contributed by atoms with van der Waals surface area (Å²) in [6.07, 6.45) is 0.653. The highest BCUT2D eigenvalue weighted by atomic mass is 16.5. The minimum atomic E-state index is -0.535.